The zero-order chi connectivity index (χ0) is 9.10. The first-order chi connectivity index (χ1) is 6.40. The number of hydrogen-bond donors (Lipinski definition) is 1. The smallest absolute Gasteiger partial charge is 0.132 e. The second-order valence-electron chi connectivity index (χ2n) is 3.36. The summed E-state index contributed by atoms with van der Waals surface area (Å²) in [5.74, 6) is 0. The Morgan fingerprint density at radius 1 is 1.69 bits per heavy atom. The summed E-state index contributed by atoms with van der Waals surface area (Å²) in [7, 11) is 1.69. The summed E-state index contributed by atoms with van der Waals surface area (Å²) in [4.78, 5) is 0. The van der Waals surface area contributed by atoms with Crippen molar-refractivity contribution in [2.24, 2.45) is 0 Å². The topological polar surface area (TPSA) is 30.5 Å². The molecular formula is C10H15NO2. The van der Waals surface area contributed by atoms with Crippen molar-refractivity contribution in [3.63, 3.8) is 0 Å². The van der Waals surface area contributed by atoms with Crippen LogP contribution in [0, 0.1) is 0 Å². The third kappa shape index (κ3) is 1.99. The Bertz CT molecular complexity index is 235. The summed E-state index contributed by atoms with van der Waals surface area (Å²) in [6.07, 6.45) is 7.68. The van der Waals surface area contributed by atoms with Crippen LogP contribution in [-0.2, 0) is 9.47 Å². The Morgan fingerprint density at radius 2 is 2.62 bits per heavy atom. The van der Waals surface area contributed by atoms with Crippen molar-refractivity contribution >= 4 is 0 Å². The molecule has 2 aliphatic rings. The fourth-order valence-electron chi connectivity index (χ4n) is 1.70. The van der Waals surface area contributed by atoms with Gasteiger partial charge in [-0.1, -0.05) is 18.2 Å². The average molecular weight is 181 g/mol. The SMILES string of the molecule is COCC1NCC2=CC=CCC2O1. The molecule has 0 spiro atoms. The van der Waals surface area contributed by atoms with Gasteiger partial charge in [-0.15, -0.1) is 0 Å². The average Bonchev–Trinajstić information content (AvgIpc) is 2.18. The molecule has 0 radical (unpaired) electrons. The highest BCUT2D eigenvalue weighted by Gasteiger charge is 2.25. The zero-order valence-electron chi connectivity index (χ0n) is 7.82. The van der Waals surface area contributed by atoms with Crippen LogP contribution in [0.1, 0.15) is 6.42 Å². The Balaban J connectivity index is 1.95. The van der Waals surface area contributed by atoms with E-state index in [1.165, 1.54) is 5.57 Å². The molecule has 2 rings (SSSR count). The van der Waals surface area contributed by atoms with Crippen LogP contribution in [0.5, 0.6) is 0 Å². The van der Waals surface area contributed by atoms with Crippen molar-refractivity contribution in [1.82, 2.24) is 5.32 Å². The molecule has 72 valence electrons. The lowest BCUT2D eigenvalue weighted by atomic mass is 10.0. The van der Waals surface area contributed by atoms with Crippen LogP contribution < -0.4 is 5.32 Å². The van der Waals surface area contributed by atoms with Gasteiger partial charge in [0, 0.05) is 13.7 Å². The van der Waals surface area contributed by atoms with E-state index in [2.05, 4.69) is 23.5 Å². The molecule has 1 fully saturated rings. The number of ether oxygens (including phenoxy) is 2. The van der Waals surface area contributed by atoms with Crippen LogP contribution in [0.25, 0.3) is 0 Å². The van der Waals surface area contributed by atoms with Gasteiger partial charge in [0.25, 0.3) is 0 Å². The first-order valence-electron chi connectivity index (χ1n) is 4.63. The minimum atomic E-state index is 0.0543. The Morgan fingerprint density at radius 3 is 3.46 bits per heavy atom. The number of allylic oxidation sites excluding steroid dienone is 2. The van der Waals surface area contributed by atoms with Crippen molar-refractivity contribution < 1.29 is 9.47 Å². The van der Waals surface area contributed by atoms with E-state index in [4.69, 9.17) is 9.47 Å². The lowest BCUT2D eigenvalue weighted by Crippen LogP contribution is -2.47. The molecule has 1 saturated heterocycles. The van der Waals surface area contributed by atoms with Gasteiger partial charge in [-0.3, -0.25) is 5.32 Å². The zero-order valence-corrected chi connectivity index (χ0v) is 7.82. The van der Waals surface area contributed by atoms with Gasteiger partial charge in [0.2, 0.25) is 0 Å². The van der Waals surface area contributed by atoms with E-state index in [9.17, 15) is 0 Å². The number of rotatable bonds is 2. The molecule has 0 saturated carbocycles. The summed E-state index contributed by atoms with van der Waals surface area (Å²) in [5.41, 5.74) is 1.34. The summed E-state index contributed by atoms with van der Waals surface area (Å²) in [6, 6.07) is 0. The normalized spacial score (nSPS) is 32.5. The fraction of sp³-hybridized carbons (Fsp3) is 0.600. The Hall–Kier alpha value is -0.640. The number of methoxy groups -OCH3 is 1. The van der Waals surface area contributed by atoms with Crippen LogP contribution in [0.2, 0.25) is 0 Å². The highest BCUT2D eigenvalue weighted by Crippen LogP contribution is 2.20. The maximum absolute atomic E-state index is 5.78. The molecule has 0 bridgehead atoms. The molecule has 2 atom stereocenters. The molecule has 2 unspecified atom stereocenters. The first-order valence-corrected chi connectivity index (χ1v) is 4.63. The lowest BCUT2D eigenvalue weighted by Gasteiger charge is -2.33. The summed E-state index contributed by atoms with van der Waals surface area (Å²) in [6.45, 7) is 1.54. The predicted molar refractivity (Wildman–Crippen MR) is 50.4 cm³/mol. The number of fused-ring (bicyclic) bond motifs is 1. The highest BCUT2D eigenvalue weighted by atomic mass is 16.5. The van der Waals surface area contributed by atoms with Crippen LogP contribution in [0.4, 0.5) is 0 Å². The van der Waals surface area contributed by atoms with Gasteiger partial charge in [-0.05, 0) is 12.0 Å². The molecule has 13 heavy (non-hydrogen) atoms. The minimum absolute atomic E-state index is 0.0543. The van der Waals surface area contributed by atoms with Gasteiger partial charge >= 0.3 is 0 Å². The van der Waals surface area contributed by atoms with E-state index in [1.807, 2.05) is 0 Å². The third-order valence-corrected chi connectivity index (χ3v) is 2.39. The van der Waals surface area contributed by atoms with E-state index in [0.717, 1.165) is 13.0 Å². The summed E-state index contributed by atoms with van der Waals surface area (Å²) >= 11 is 0. The molecule has 1 N–H and O–H groups in total. The second-order valence-corrected chi connectivity index (χ2v) is 3.36. The van der Waals surface area contributed by atoms with Gasteiger partial charge in [0.1, 0.15) is 6.23 Å². The summed E-state index contributed by atoms with van der Waals surface area (Å²) in [5, 5.41) is 3.27. The van der Waals surface area contributed by atoms with Gasteiger partial charge in [-0.2, -0.15) is 0 Å². The molecular weight excluding hydrogens is 166 g/mol. The van der Waals surface area contributed by atoms with Gasteiger partial charge < -0.3 is 9.47 Å². The highest BCUT2D eigenvalue weighted by molar-refractivity contribution is 5.24. The lowest BCUT2D eigenvalue weighted by molar-refractivity contribution is -0.0662. The Kier molecular flexibility index (Phi) is 2.78. The van der Waals surface area contributed by atoms with Crippen molar-refractivity contribution in [2.45, 2.75) is 18.8 Å². The number of nitrogens with one attached hydrogen (secondary N) is 1. The van der Waals surface area contributed by atoms with Crippen molar-refractivity contribution in [3.05, 3.63) is 23.8 Å². The van der Waals surface area contributed by atoms with E-state index in [0.29, 0.717) is 6.61 Å². The van der Waals surface area contributed by atoms with Crippen molar-refractivity contribution in [3.8, 4) is 0 Å². The molecule has 1 aliphatic heterocycles. The van der Waals surface area contributed by atoms with Gasteiger partial charge in [0.15, 0.2) is 0 Å². The van der Waals surface area contributed by atoms with E-state index < -0.39 is 0 Å². The first kappa shape index (κ1) is 8.94. The van der Waals surface area contributed by atoms with Crippen molar-refractivity contribution in [1.29, 1.82) is 0 Å². The molecule has 0 aromatic heterocycles. The van der Waals surface area contributed by atoms with E-state index in [1.54, 1.807) is 7.11 Å². The van der Waals surface area contributed by atoms with E-state index in [-0.39, 0.29) is 12.3 Å². The summed E-state index contributed by atoms with van der Waals surface area (Å²) < 4.78 is 10.8. The molecule has 0 aromatic rings. The van der Waals surface area contributed by atoms with Gasteiger partial charge in [-0.25, -0.2) is 0 Å². The standard InChI is InChI=1S/C10H15NO2/c1-12-7-10-11-6-8-4-2-3-5-9(8)13-10/h2-4,9-11H,5-7H2,1H3. The third-order valence-electron chi connectivity index (χ3n) is 2.39. The predicted octanol–water partition coefficient (Wildman–Crippen LogP) is 0.834. The fourth-order valence-corrected chi connectivity index (χ4v) is 1.70. The molecule has 0 amide bonds. The quantitative estimate of drug-likeness (QED) is 0.684. The molecule has 3 heteroatoms. The van der Waals surface area contributed by atoms with Crippen LogP contribution >= 0.6 is 0 Å². The van der Waals surface area contributed by atoms with Crippen molar-refractivity contribution in [2.75, 3.05) is 20.3 Å². The molecule has 0 aromatic carbocycles. The Labute approximate surface area is 78.4 Å². The van der Waals surface area contributed by atoms with Crippen LogP contribution in [0.3, 0.4) is 0 Å². The second kappa shape index (κ2) is 4.05. The maximum atomic E-state index is 5.78. The molecule has 1 heterocycles. The monoisotopic (exact) mass is 181 g/mol. The van der Waals surface area contributed by atoms with Crippen LogP contribution in [-0.4, -0.2) is 32.6 Å². The minimum Gasteiger partial charge on any atom is -0.381 e. The maximum Gasteiger partial charge on any atom is 0.132 e. The van der Waals surface area contributed by atoms with E-state index >= 15 is 0 Å². The molecule has 3 nitrogen and oxygen atoms in total. The largest absolute Gasteiger partial charge is 0.381 e. The number of hydrogen-bond acceptors (Lipinski definition) is 3. The molecule has 1 aliphatic carbocycles. The van der Waals surface area contributed by atoms with Crippen LogP contribution in [0.15, 0.2) is 23.8 Å². The van der Waals surface area contributed by atoms with Gasteiger partial charge in [0.05, 0.1) is 12.7 Å².